The second kappa shape index (κ2) is 8.12. The van der Waals surface area contributed by atoms with Gasteiger partial charge in [-0.25, -0.2) is 4.39 Å². The first kappa shape index (κ1) is 20.0. The maximum Gasteiger partial charge on any atom is 0.295 e. The van der Waals surface area contributed by atoms with Crippen molar-refractivity contribution in [1.82, 2.24) is 9.80 Å². The van der Waals surface area contributed by atoms with Gasteiger partial charge in [-0.15, -0.1) is 0 Å². The molecule has 1 unspecified atom stereocenters. The summed E-state index contributed by atoms with van der Waals surface area (Å²) in [6.45, 7) is 0.701. The molecule has 1 aliphatic rings. The van der Waals surface area contributed by atoms with E-state index in [-0.39, 0.29) is 23.4 Å². The van der Waals surface area contributed by atoms with Crippen LogP contribution in [0, 0.1) is 5.82 Å². The number of Topliss-reactive ketones (excluding diaryl/α,β-unsaturated/α-hetero) is 1. The first-order chi connectivity index (χ1) is 13.3. The first-order valence-corrected chi connectivity index (χ1v) is 9.12. The standard InChI is InChI=1S/C21H20ClFN2O3/c1-24(2)11-12-25-18(15-5-3-4-6-16(15)23)17(20(27)21(25)28)19(26)13-7-9-14(22)10-8-13/h3-10,18,26H,11-12H2,1-2H3/b19-17-. The Labute approximate surface area is 167 Å². The van der Waals surface area contributed by atoms with Crippen LogP contribution < -0.4 is 0 Å². The number of likely N-dealkylation sites (N-methyl/N-ethyl adjacent to an activating group) is 1. The lowest BCUT2D eigenvalue weighted by atomic mass is 9.95. The number of aliphatic hydroxyl groups excluding tert-OH is 1. The van der Waals surface area contributed by atoms with E-state index in [9.17, 15) is 19.1 Å². The second-order valence-corrected chi connectivity index (χ2v) is 7.26. The molecule has 2 aromatic carbocycles. The molecule has 0 aromatic heterocycles. The predicted molar refractivity (Wildman–Crippen MR) is 105 cm³/mol. The number of carbonyl (C=O) groups is 2. The van der Waals surface area contributed by atoms with Crippen molar-refractivity contribution in [3.8, 4) is 0 Å². The van der Waals surface area contributed by atoms with Crippen LogP contribution in [0.5, 0.6) is 0 Å². The van der Waals surface area contributed by atoms with Crippen molar-refractivity contribution in [2.75, 3.05) is 27.2 Å². The molecule has 5 nitrogen and oxygen atoms in total. The highest BCUT2D eigenvalue weighted by molar-refractivity contribution is 6.46. The highest BCUT2D eigenvalue weighted by Crippen LogP contribution is 2.40. The van der Waals surface area contributed by atoms with Crippen LogP contribution in [-0.4, -0.2) is 53.8 Å². The Hall–Kier alpha value is -2.70. The summed E-state index contributed by atoms with van der Waals surface area (Å²) in [5.41, 5.74) is 0.364. The molecule has 0 saturated carbocycles. The van der Waals surface area contributed by atoms with Crippen LogP contribution in [0.25, 0.3) is 5.76 Å². The minimum atomic E-state index is -1.00. The fraction of sp³-hybridized carbons (Fsp3) is 0.238. The van der Waals surface area contributed by atoms with Crippen molar-refractivity contribution in [2.45, 2.75) is 6.04 Å². The van der Waals surface area contributed by atoms with Crippen LogP contribution in [-0.2, 0) is 9.59 Å². The molecule has 0 spiro atoms. The van der Waals surface area contributed by atoms with Crippen molar-refractivity contribution >= 4 is 29.1 Å². The van der Waals surface area contributed by atoms with Gasteiger partial charge in [0.25, 0.3) is 11.7 Å². The minimum Gasteiger partial charge on any atom is -0.507 e. The zero-order valence-corrected chi connectivity index (χ0v) is 16.3. The number of hydrogen-bond acceptors (Lipinski definition) is 4. The third-order valence-electron chi connectivity index (χ3n) is 4.65. The van der Waals surface area contributed by atoms with Gasteiger partial charge in [0, 0.05) is 29.2 Å². The Morgan fingerprint density at radius 3 is 2.39 bits per heavy atom. The number of likely N-dealkylation sites (tertiary alicyclic amines) is 1. The summed E-state index contributed by atoms with van der Waals surface area (Å²) >= 11 is 5.89. The van der Waals surface area contributed by atoms with E-state index in [4.69, 9.17) is 11.6 Å². The Morgan fingerprint density at radius 1 is 1.14 bits per heavy atom. The van der Waals surface area contributed by atoms with Gasteiger partial charge in [0.15, 0.2) is 0 Å². The lowest BCUT2D eigenvalue weighted by Gasteiger charge is -2.26. The highest BCUT2D eigenvalue weighted by Gasteiger charge is 2.46. The second-order valence-electron chi connectivity index (χ2n) is 6.82. The molecular formula is C21H20ClFN2O3. The topological polar surface area (TPSA) is 60.9 Å². The number of rotatable bonds is 5. The van der Waals surface area contributed by atoms with Crippen LogP contribution in [0.15, 0.2) is 54.1 Å². The van der Waals surface area contributed by atoms with Gasteiger partial charge in [-0.1, -0.05) is 29.8 Å². The van der Waals surface area contributed by atoms with E-state index in [1.807, 2.05) is 19.0 Å². The van der Waals surface area contributed by atoms with Crippen LogP contribution in [0.2, 0.25) is 5.02 Å². The third-order valence-corrected chi connectivity index (χ3v) is 4.90. The number of aliphatic hydroxyl groups is 1. The normalized spacial score (nSPS) is 18.9. The summed E-state index contributed by atoms with van der Waals surface area (Å²) in [6.07, 6.45) is 0. The molecule has 1 aliphatic heterocycles. The third kappa shape index (κ3) is 3.79. The first-order valence-electron chi connectivity index (χ1n) is 8.74. The van der Waals surface area contributed by atoms with Crippen molar-refractivity contribution < 1.29 is 19.1 Å². The Morgan fingerprint density at radius 2 is 1.79 bits per heavy atom. The van der Waals surface area contributed by atoms with E-state index in [0.29, 0.717) is 17.1 Å². The van der Waals surface area contributed by atoms with Gasteiger partial charge in [0.2, 0.25) is 0 Å². The molecule has 0 aliphatic carbocycles. The number of amides is 1. The fourth-order valence-electron chi connectivity index (χ4n) is 3.20. The van der Waals surface area contributed by atoms with Gasteiger partial charge in [-0.2, -0.15) is 0 Å². The average molecular weight is 403 g/mol. The summed E-state index contributed by atoms with van der Waals surface area (Å²) in [6, 6.07) is 11.2. The van der Waals surface area contributed by atoms with E-state index < -0.39 is 23.5 Å². The lowest BCUT2D eigenvalue weighted by Crippen LogP contribution is -2.35. The van der Waals surface area contributed by atoms with E-state index in [1.54, 1.807) is 30.3 Å². The number of hydrogen-bond donors (Lipinski definition) is 1. The predicted octanol–water partition coefficient (Wildman–Crippen LogP) is 3.46. The molecule has 1 atom stereocenters. The molecule has 1 fully saturated rings. The van der Waals surface area contributed by atoms with Crippen molar-refractivity contribution in [2.24, 2.45) is 0 Å². The van der Waals surface area contributed by atoms with Crippen molar-refractivity contribution in [1.29, 1.82) is 0 Å². The van der Waals surface area contributed by atoms with E-state index >= 15 is 0 Å². The quantitative estimate of drug-likeness (QED) is 0.472. The molecule has 28 heavy (non-hydrogen) atoms. The fourth-order valence-corrected chi connectivity index (χ4v) is 3.33. The SMILES string of the molecule is CN(C)CCN1C(=O)C(=O)/C(=C(\O)c2ccc(Cl)cc2)C1c1ccccc1F. The van der Waals surface area contributed by atoms with Crippen LogP contribution >= 0.6 is 11.6 Å². The van der Waals surface area contributed by atoms with E-state index in [1.165, 1.54) is 23.1 Å². The lowest BCUT2D eigenvalue weighted by molar-refractivity contribution is -0.140. The molecular weight excluding hydrogens is 383 g/mol. The molecule has 1 amide bonds. The molecule has 146 valence electrons. The number of ketones is 1. The Kier molecular flexibility index (Phi) is 5.82. The smallest absolute Gasteiger partial charge is 0.295 e. The zero-order valence-electron chi connectivity index (χ0n) is 15.5. The average Bonchev–Trinajstić information content (AvgIpc) is 2.91. The molecule has 0 bridgehead atoms. The molecule has 1 N–H and O–H groups in total. The van der Waals surface area contributed by atoms with E-state index in [2.05, 4.69) is 0 Å². The maximum absolute atomic E-state index is 14.6. The maximum atomic E-state index is 14.6. The van der Waals surface area contributed by atoms with Crippen LogP contribution in [0.4, 0.5) is 4.39 Å². The summed E-state index contributed by atoms with van der Waals surface area (Å²) in [4.78, 5) is 28.6. The van der Waals surface area contributed by atoms with Crippen molar-refractivity contribution in [3.63, 3.8) is 0 Å². The summed E-state index contributed by atoms with van der Waals surface area (Å²) in [7, 11) is 3.67. The molecule has 1 heterocycles. The Bertz CT molecular complexity index is 941. The molecule has 1 saturated heterocycles. The van der Waals surface area contributed by atoms with Gasteiger partial charge in [0.05, 0.1) is 11.6 Å². The molecule has 7 heteroatoms. The summed E-state index contributed by atoms with van der Waals surface area (Å²) in [5, 5.41) is 11.3. The molecule has 2 aromatic rings. The van der Waals surface area contributed by atoms with Gasteiger partial charge < -0.3 is 14.9 Å². The van der Waals surface area contributed by atoms with Gasteiger partial charge in [0.1, 0.15) is 11.6 Å². The summed E-state index contributed by atoms with van der Waals surface area (Å²) in [5.74, 6) is -2.49. The largest absolute Gasteiger partial charge is 0.507 e. The summed E-state index contributed by atoms with van der Waals surface area (Å²) < 4.78 is 14.6. The number of carbonyl (C=O) groups excluding carboxylic acids is 2. The van der Waals surface area contributed by atoms with Crippen LogP contribution in [0.1, 0.15) is 17.2 Å². The monoisotopic (exact) mass is 402 g/mol. The van der Waals surface area contributed by atoms with Crippen LogP contribution in [0.3, 0.4) is 0 Å². The number of benzene rings is 2. The van der Waals surface area contributed by atoms with Gasteiger partial charge in [-0.3, -0.25) is 9.59 Å². The highest BCUT2D eigenvalue weighted by atomic mass is 35.5. The zero-order chi connectivity index (χ0) is 20.4. The number of nitrogens with zero attached hydrogens (tertiary/aromatic N) is 2. The van der Waals surface area contributed by atoms with E-state index in [0.717, 1.165) is 0 Å². The Balaban J connectivity index is 2.16. The minimum absolute atomic E-state index is 0.129. The van der Waals surface area contributed by atoms with Gasteiger partial charge in [-0.05, 0) is 44.4 Å². The van der Waals surface area contributed by atoms with Crippen molar-refractivity contribution in [3.05, 3.63) is 76.1 Å². The molecule has 3 rings (SSSR count). The van der Waals surface area contributed by atoms with Gasteiger partial charge >= 0.3 is 0 Å². The molecule has 0 radical (unpaired) electrons. The number of halogens is 2.